The van der Waals surface area contributed by atoms with Crippen LogP contribution in [0.25, 0.3) is 0 Å². The molecule has 1 atom stereocenters. The molecule has 0 amide bonds. The number of halogens is 4. The molecule has 2 N–H and O–H groups in total. The van der Waals surface area contributed by atoms with E-state index in [1.807, 2.05) is 6.92 Å². The summed E-state index contributed by atoms with van der Waals surface area (Å²) < 4.78 is 37.7. The molecular weight excluding hydrogens is 239 g/mol. The molecule has 0 fully saturated rings. The molecule has 1 nitrogen and oxygen atoms in total. The molecule has 0 aromatic heterocycles. The number of hydrogen-bond donors (Lipinski definition) is 1. The smallest absolute Gasteiger partial charge is 0.324 e. The molecule has 0 heterocycles. The molecule has 16 heavy (non-hydrogen) atoms. The van der Waals surface area contributed by atoms with E-state index >= 15 is 0 Å². The molecule has 0 aliphatic rings. The van der Waals surface area contributed by atoms with Crippen LogP contribution in [0.3, 0.4) is 0 Å². The van der Waals surface area contributed by atoms with Crippen LogP contribution in [0.2, 0.25) is 5.02 Å². The molecule has 1 aromatic rings. The minimum Gasteiger partial charge on any atom is -0.324 e. The molecule has 0 unspecified atom stereocenters. The lowest BCUT2D eigenvalue weighted by Gasteiger charge is -2.16. The zero-order valence-corrected chi connectivity index (χ0v) is 9.57. The van der Waals surface area contributed by atoms with Gasteiger partial charge in [0, 0.05) is 6.04 Å². The van der Waals surface area contributed by atoms with Gasteiger partial charge in [-0.15, -0.1) is 0 Å². The topological polar surface area (TPSA) is 26.0 Å². The highest BCUT2D eigenvalue weighted by Gasteiger charge is 2.34. The molecule has 0 saturated carbocycles. The van der Waals surface area contributed by atoms with Crippen molar-refractivity contribution in [3.05, 3.63) is 34.3 Å². The van der Waals surface area contributed by atoms with Gasteiger partial charge in [-0.05, 0) is 18.1 Å². The first-order chi connectivity index (χ1) is 7.38. The SMILES string of the molecule is CCC[C@H](N)c1cccc(C(F)(F)F)c1Cl. The fraction of sp³-hybridized carbons (Fsp3) is 0.455. The maximum absolute atomic E-state index is 12.6. The molecule has 0 aliphatic carbocycles. The first kappa shape index (κ1) is 13.3. The van der Waals surface area contributed by atoms with Gasteiger partial charge in [-0.25, -0.2) is 0 Å². The number of rotatable bonds is 3. The summed E-state index contributed by atoms with van der Waals surface area (Å²) in [5.41, 5.74) is 5.31. The van der Waals surface area contributed by atoms with Gasteiger partial charge in [-0.2, -0.15) is 13.2 Å². The van der Waals surface area contributed by atoms with E-state index in [-0.39, 0.29) is 5.02 Å². The summed E-state index contributed by atoms with van der Waals surface area (Å²) in [5, 5.41) is -0.282. The zero-order valence-electron chi connectivity index (χ0n) is 8.81. The third kappa shape index (κ3) is 2.89. The van der Waals surface area contributed by atoms with Crippen LogP contribution in [0.15, 0.2) is 18.2 Å². The molecule has 90 valence electrons. The highest BCUT2D eigenvalue weighted by molar-refractivity contribution is 6.32. The first-order valence-corrected chi connectivity index (χ1v) is 5.37. The summed E-state index contributed by atoms with van der Waals surface area (Å²) >= 11 is 5.72. The Balaban J connectivity index is 3.14. The van der Waals surface area contributed by atoms with Crippen molar-refractivity contribution in [2.45, 2.75) is 32.0 Å². The van der Waals surface area contributed by atoms with Crippen LogP contribution in [0.1, 0.15) is 36.9 Å². The van der Waals surface area contributed by atoms with E-state index < -0.39 is 17.8 Å². The quantitative estimate of drug-likeness (QED) is 0.858. The van der Waals surface area contributed by atoms with Gasteiger partial charge in [0.25, 0.3) is 0 Å². The average molecular weight is 252 g/mol. The standard InChI is InChI=1S/C11H13ClF3N/c1-2-4-9(16)7-5-3-6-8(10(7)12)11(13,14)15/h3,5-6,9H,2,4,16H2,1H3/t9-/m0/s1. The van der Waals surface area contributed by atoms with E-state index in [0.29, 0.717) is 12.0 Å². The second-order valence-corrected chi connectivity index (χ2v) is 3.98. The molecule has 1 rings (SSSR count). The Morgan fingerprint density at radius 3 is 2.50 bits per heavy atom. The Hall–Kier alpha value is -0.740. The van der Waals surface area contributed by atoms with Gasteiger partial charge in [0.1, 0.15) is 0 Å². The largest absolute Gasteiger partial charge is 0.417 e. The fourth-order valence-electron chi connectivity index (χ4n) is 1.52. The fourth-order valence-corrected chi connectivity index (χ4v) is 1.89. The van der Waals surface area contributed by atoms with Gasteiger partial charge in [0.05, 0.1) is 10.6 Å². The van der Waals surface area contributed by atoms with Gasteiger partial charge in [-0.1, -0.05) is 37.1 Å². The number of nitrogens with two attached hydrogens (primary N) is 1. The molecule has 0 aliphatic heterocycles. The van der Waals surface area contributed by atoms with E-state index in [4.69, 9.17) is 17.3 Å². The second kappa shape index (κ2) is 5.06. The Kier molecular flexibility index (Phi) is 4.21. The van der Waals surface area contributed by atoms with Crippen molar-refractivity contribution in [2.75, 3.05) is 0 Å². The molecule has 0 bridgehead atoms. The van der Waals surface area contributed by atoms with Gasteiger partial charge in [-0.3, -0.25) is 0 Å². The van der Waals surface area contributed by atoms with Crippen LogP contribution >= 0.6 is 11.6 Å². The van der Waals surface area contributed by atoms with E-state index in [1.54, 1.807) is 0 Å². The lowest BCUT2D eigenvalue weighted by atomic mass is 10.0. The van der Waals surface area contributed by atoms with E-state index in [1.165, 1.54) is 12.1 Å². The summed E-state index contributed by atoms with van der Waals surface area (Å²) in [4.78, 5) is 0. The molecule has 0 saturated heterocycles. The molecule has 1 aromatic carbocycles. The van der Waals surface area contributed by atoms with Gasteiger partial charge >= 0.3 is 6.18 Å². The Bertz CT molecular complexity index is 363. The van der Waals surface area contributed by atoms with Crippen LogP contribution in [-0.4, -0.2) is 0 Å². The monoisotopic (exact) mass is 251 g/mol. The second-order valence-electron chi connectivity index (χ2n) is 3.60. The Morgan fingerprint density at radius 2 is 2.00 bits per heavy atom. The van der Waals surface area contributed by atoms with E-state index in [0.717, 1.165) is 12.5 Å². The molecule has 0 radical (unpaired) electrons. The number of hydrogen-bond acceptors (Lipinski definition) is 1. The van der Waals surface area contributed by atoms with Crippen molar-refractivity contribution in [2.24, 2.45) is 5.73 Å². The van der Waals surface area contributed by atoms with Crippen molar-refractivity contribution in [1.82, 2.24) is 0 Å². The number of benzene rings is 1. The Morgan fingerprint density at radius 1 is 1.38 bits per heavy atom. The minimum atomic E-state index is -4.43. The Labute approximate surface area is 97.4 Å². The van der Waals surface area contributed by atoms with Crippen molar-refractivity contribution in [3.63, 3.8) is 0 Å². The first-order valence-electron chi connectivity index (χ1n) is 4.99. The van der Waals surface area contributed by atoms with Crippen LogP contribution < -0.4 is 5.73 Å². The summed E-state index contributed by atoms with van der Waals surface area (Å²) in [5.74, 6) is 0. The lowest BCUT2D eigenvalue weighted by molar-refractivity contribution is -0.137. The summed E-state index contributed by atoms with van der Waals surface area (Å²) in [6, 6.07) is 3.39. The lowest BCUT2D eigenvalue weighted by Crippen LogP contribution is -2.13. The summed E-state index contributed by atoms with van der Waals surface area (Å²) in [6.45, 7) is 1.92. The summed E-state index contributed by atoms with van der Waals surface area (Å²) in [7, 11) is 0. The molecule has 0 spiro atoms. The van der Waals surface area contributed by atoms with Crippen LogP contribution in [-0.2, 0) is 6.18 Å². The maximum Gasteiger partial charge on any atom is 0.417 e. The van der Waals surface area contributed by atoms with Crippen LogP contribution in [0.4, 0.5) is 13.2 Å². The van der Waals surface area contributed by atoms with Crippen LogP contribution in [0, 0.1) is 0 Å². The maximum atomic E-state index is 12.6. The molecular formula is C11H13ClF3N. The van der Waals surface area contributed by atoms with Crippen molar-refractivity contribution < 1.29 is 13.2 Å². The van der Waals surface area contributed by atoms with Crippen molar-refractivity contribution >= 4 is 11.6 Å². The van der Waals surface area contributed by atoms with Crippen molar-refractivity contribution in [1.29, 1.82) is 0 Å². The van der Waals surface area contributed by atoms with E-state index in [2.05, 4.69) is 0 Å². The predicted octanol–water partition coefficient (Wildman–Crippen LogP) is 4.16. The van der Waals surface area contributed by atoms with Gasteiger partial charge in [0.2, 0.25) is 0 Å². The van der Waals surface area contributed by atoms with Gasteiger partial charge < -0.3 is 5.73 Å². The molecule has 5 heteroatoms. The summed E-state index contributed by atoms with van der Waals surface area (Å²) in [6.07, 6.45) is -3.02. The normalized spacial score (nSPS) is 13.9. The third-order valence-corrected chi connectivity index (χ3v) is 2.75. The number of alkyl halides is 3. The van der Waals surface area contributed by atoms with E-state index in [9.17, 15) is 13.2 Å². The highest BCUT2D eigenvalue weighted by Crippen LogP contribution is 2.38. The van der Waals surface area contributed by atoms with Gasteiger partial charge in [0.15, 0.2) is 0 Å². The highest BCUT2D eigenvalue weighted by atomic mass is 35.5. The van der Waals surface area contributed by atoms with Crippen molar-refractivity contribution in [3.8, 4) is 0 Å². The minimum absolute atomic E-state index is 0.282. The average Bonchev–Trinajstić information content (AvgIpc) is 2.16. The predicted molar refractivity (Wildman–Crippen MR) is 58.3 cm³/mol. The zero-order chi connectivity index (χ0) is 12.3. The third-order valence-electron chi connectivity index (χ3n) is 2.33. The van der Waals surface area contributed by atoms with Crippen LogP contribution in [0.5, 0.6) is 0 Å².